The van der Waals surface area contributed by atoms with Crippen molar-refractivity contribution in [1.29, 1.82) is 0 Å². The van der Waals surface area contributed by atoms with Crippen molar-refractivity contribution in [2.45, 2.75) is 71.4 Å². The van der Waals surface area contributed by atoms with Crippen LogP contribution in [0.3, 0.4) is 0 Å². The van der Waals surface area contributed by atoms with Crippen LogP contribution in [0.25, 0.3) is 0 Å². The van der Waals surface area contributed by atoms with Crippen LogP contribution in [0, 0.1) is 0 Å². The number of rotatable bonds is 8. The van der Waals surface area contributed by atoms with Crippen LogP contribution in [0.2, 0.25) is 0 Å². The first-order valence-corrected chi connectivity index (χ1v) is 7.21. The minimum absolute atomic E-state index is 0.334. The van der Waals surface area contributed by atoms with Crippen molar-refractivity contribution in [2.24, 2.45) is 0 Å². The number of unbranched alkanes of at least 4 members (excludes halogenated alkanes) is 1. The molecule has 1 aliphatic rings. The molecular formula is C14H28N2O. The van der Waals surface area contributed by atoms with Crippen molar-refractivity contribution >= 4 is 5.91 Å². The highest BCUT2D eigenvalue weighted by Gasteiger charge is 2.22. The minimum Gasteiger partial charge on any atom is -0.341 e. The summed E-state index contributed by atoms with van der Waals surface area (Å²) in [5, 5.41) is 3.66. The van der Waals surface area contributed by atoms with Gasteiger partial charge < -0.3 is 10.2 Å². The summed E-state index contributed by atoms with van der Waals surface area (Å²) >= 11 is 0. The van der Waals surface area contributed by atoms with E-state index in [0.29, 0.717) is 18.0 Å². The third-order valence-corrected chi connectivity index (χ3v) is 3.58. The normalized spacial score (nSPS) is 19.7. The van der Waals surface area contributed by atoms with Crippen molar-refractivity contribution in [1.82, 2.24) is 10.2 Å². The molecule has 2 unspecified atom stereocenters. The Kier molecular flexibility index (Phi) is 6.56. The molecule has 17 heavy (non-hydrogen) atoms. The van der Waals surface area contributed by atoms with Gasteiger partial charge in [-0.3, -0.25) is 4.79 Å². The van der Waals surface area contributed by atoms with Gasteiger partial charge >= 0.3 is 0 Å². The lowest BCUT2D eigenvalue weighted by molar-refractivity contribution is -0.127. The largest absolute Gasteiger partial charge is 0.341 e. The molecule has 0 aromatic heterocycles. The Labute approximate surface area is 106 Å². The van der Waals surface area contributed by atoms with E-state index in [1.54, 1.807) is 0 Å². The maximum atomic E-state index is 11.5. The van der Waals surface area contributed by atoms with Crippen molar-refractivity contribution < 1.29 is 4.79 Å². The Balaban J connectivity index is 2.26. The number of hydrogen-bond acceptors (Lipinski definition) is 2. The Morgan fingerprint density at radius 1 is 1.41 bits per heavy atom. The highest BCUT2D eigenvalue weighted by atomic mass is 16.2. The first kappa shape index (κ1) is 14.5. The highest BCUT2D eigenvalue weighted by molar-refractivity contribution is 5.78. The number of amides is 1. The summed E-state index contributed by atoms with van der Waals surface area (Å²) in [6.07, 6.45) is 6.78. The lowest BCUT2D eigenvalue weighted by Crippen LogP contribution is -2.44. The zero-order chi connectivity index (χ0) is 12.7. The minimum atomic E-state index is 0.334. The first-order valence-electron chi connectivity index (χ1n) is 7.21. The number of nitrogens with zero attached hydrogens (tertiary/aromatic N) is 1. The first-order chi connectivity index (χ1) is 8.17. The molecule has 3 nitrogen and oxygen atoms in total. The predicted molar refractivity (Wildman–Crippen MR) is 72.0 cm³/mol. The molecule has 1 saturated heterocycles. The summed E-state index contributed by atoms with van der Waals surface area (Å²) in [5.41, 5.74) is 0. The molecule has 0 bridgehead atoms. The molecule has 1 amide bonds. The van der Waals surface area contributed by atoms with Gasteiger partial charge in [0.15, 0.2) is 0 Å². The van der Waals surface area contributed by atoms with Gasteiger partial charge in [0.25, 0.3) is 0 Å². The maximum Gasteiger partial charge on any atom is 0.222 e. The second kappa shape index (κ2) is 7.70. The van der Waals surface area contributed by atoms with Gasteiger partial charge in [-0.2, -0.15) is 0 Å². The van der Waals surface area contributed by atoms with E-state index in [4.69, 9.17) is 0 Å². The molecule has 1 fully saturated rings. The molecule has 0 radical (unpaired) electrons. The molecule has 3 heteroatoms. The zero-order valence-corrected chi connectivity index (χ0v) is 11.7. The van der Waals surface area contributed by atoms with Gasteiger partial charge in [0.05, 0.1) is 0 Å². The van der Waals surface area contributed by atoms with E-state index >= 15 is 0 Å². The monoisotopic (exact) mass is 240 g/mol. The standard InChI is InChI=1S/C14H28N2O/c1-4-6-8-13(5-2)15-12(3)11-16-10-7-9-14(16)17/h12-13,15H,4-11H2,1-3H3. The number of carbonyl (C=O) groups is 1. The average molecular weight is 240 g/mol. The summed E-state index contributed by atoms with van der Waals surface area (Å²) < 4.78 is 0. The number of nitrogens with one attached hydrogen (secondary N) is 1. The van der Waals surface area contributed by atoms with Crippen LogP contribution in [-0.4, -0.2) is 36.0 Å². The Morgan fingerprint density at radius 2 is 2.18 bits per heavy atom. The molecular weight excluding hydrogens is 212 g/mol. The molecule has 1 aliphatic heterocycles. The van der Waals surface area contributed by atoms with Crippen LogP contribution in [0.4, 0.5) is 0 Å². The maximum absolute atomic E-state index is 11.5. The molecule has 2 atom stereocenters. The van der Waals surface area contributed by atoms with Gasteiger partial charge in [0, 0.05) is 31.6 Å². The van der Waals surface area contributed by atoms with E-state index in [1.165, 1.54) is 25.7 Å². The van der Waals surface area contributed by atoms with Crippen molar-refractivity contribution in [2.75, 3.05) is 13.1 Å². The quantitative estimate of drug-likeness (QED) is 0.707. The Hall–Kier alpha value is -0.570. The van der Waals surface area contributed by atoms with E-state index in [0.717, 1.165) is 25.9 Å². The average Bonchev–Trinajstić information content (AvgIpc) is 2.70. The van der Waals surface area contributed by atoms with Crippen LogP contribution in [0.15, 0.2) is 0 Å². The fraction of sp³-hybridized carbons (Fsp3) is 0.929. The summed E-state index contributed by atoms with van der Waals surface area (Å²) in [6.45, 7) is 8.50. The van der Waals surface area contributed by atoms with Crippen molar-refractivity contribution in [3.05, 3.63) is 0 Å². The lowest BCUT2D eigenvalue weighted by atomic mass is 10.1. The molecule has 0 spiro atoms. The van der Waals surface area contributed by atoms with Gasteiger partial charge in [-0.1, -0.05) is 26.7 Å². The van der Waals surface area contributed by atoms with Gasteiger partial charge in [-0.15, -0.1) is 0 Å². The molecule has 1 N–H and O–H groups in total. The van der Waals surface area contributed by atoms with Crippen LogP contribution in [-0.2, 0) is 4.79 Å². The van der Waals surface area contributed by atoms with Crippen LogP contribution < -0.4 is 5.32 Å². The number of hydrogen-bond donors (Lipinski definition) is 1. The van der Waals surface area contributed by atoms with Crippen LogP contribution in [0.5, 0.6) is 0 Å². The second-order valence-corrected chi connectivity index (χ2v) is 5.26. The highest BCUT2D eigenvalue weighted by Crippen LogP contribution is 2.11. The van der Waals surface area contributed by atoms with E-state index in [-0.39, 0.29) is 0 Å². The molecule has 1 rings (SSSR count). The molecule has 1 heterocycles. The Bertz CT molecular complexity index is 230. The third kappa shape index (κ3) is 5.07. The fourth-order valence-electron chi connectivity index (χ4n) is 2.54. The summed E-state index contributed by atoms with van der Waals surface area (Å²) in [6, 6.07) is 1.03. The SMILES string of the molecule is CCCCC(CC)NC(C)CN1CCCC1=O. The number of likely N-dealkylation sites (tertiary alicyclic amines) is 1. The zero-order valence-electron chi connectivity index (χ0n) is 11.7. The lowest BCUT2D eigenvalue weighted by Gasteiger charge is -2.26. The van der Waals surface area contributed by atoms with E-state index in [2.05, 4.69) is 26.1 Å². The van der Waals surface area contributed by atoms with E-state index in [1.807, 2.05) is 4.90 Å². The van der Waals surface area contributed by atoms with E-state index in [9.17, 15) is 4.79 Å². The van der Waals surface area contributed by atoms with Gasteiger partial charge in [0.2, 0.25) is 5.91 Å². The van der Waals surface area contributed by atoms with Crippen molar-refractivity contribution in [3.8, 4) is 0 Å². The topological polar surface area (TPSA) is 32.3 Å². The van der Waals surface area contributed by atoms with Crippen LogP contribution >= 0.6 is 0 Å². The molecule has 0 aliphatic carbocycles. The summed E-state index contributed by atoms with van der Waals surface area (Å²) in [7, 11) is 0. The number of carbonyl (C=O) groups excluding carboxylic acids is 1. The Morgan fingerprint density at radius 3 is 2.71 bits per heavy atom. The predicted octanol–water partition coefficient (Wildman–Crippen LogP) is 2.56. The van der Waals surface area contributed by atoms with E-state index < -0.39 is 0 Å². The smallest absolute Gasteiger partial charge is 0.222 e. The van der Waals surface area contributed by atoms with Gasteiger partial charge in [0.1, 0.15) is 0 Å². The van der Waals surface area contributed by atoms with Crippen molar-refractivity contribution in [3.63, 3.8) is 0 Å². The molecule has 100 valence electrons. The molecule has 0 aromatic carbocycles. The third-order valence-electron chi connectivity index (χ3n) is 3.58. The van der Waals surface area contributed by atoms with Gasteiger partial charge in [-0.05, 0) is 26.2 Å². The molecule has 0 saturated carbocycles. The second-order valence-electron chi connectivity index (χ2n) is 5.26. The molecule has 0 aromatic rings. The fourth-order valence-corrected chi connectivity index (χ4v) is 2.54. The summed E-state index contributed by atoms with van der Waals surface area (Å²) in [5.74, 6) is 0.334. The summed E-state index contributed by atoms with van der Waals surface area (Å²) in [4.78, 5) is 13.5. The van der Waals surface area contributed by atoms with Gasteiger partial charge in [-0.25, -0.2) is 0 Å². The van der Waals surface area contributed by atoms with Crippen LogP contribution in [0.1, 0.15) is 59.3 Å².